The number of benzene rings is 1. The Hall–Kier alpha value is -2.05. The highest BCUT2D eigenvalue weighted by Crippen LogP contribution is 2.15. The molecule has 26 heavy (non-hydrogen) atoms. The summed E-state index contributed by atoms with van der Waals surface area (Å²) in [4.78, 5) is 13.1. The Morgan fingerprint density at radius 2 is 1.92 bits per heavy atom. The average molecular weight is 381 g/mol. The summed E-state index contributed by atoms with van der Waals surface area (Å²) in [6.45, 7) is 7.91. The minimum absolute atomic E-state index is 0. The molecular formula is C19H29ClN4O2. The maximum atomic E-state index is 11.6. The second-order valence-corrected chi connectivity index (χ2v) is 7.29. The number of nitrogens with zero attached hydrogens (tertiary/aromatic N) is 3. The van der Waals surface area contributed by atoms with Crippen LogP contribution in [0.2, 0.25) is 0 Å². The van der Waals surface area contributed by atoms with E-state index in [4.69, 9.17) is 4.74 Å². The van der Waals surface area contributed by atoms with Crippen LogP contribution in [0.25, 0.3) is 0 Å². The number of aromatic nitrogens is 2. The van der Waals surface area contributed by atoms with Crippen LogP contribution >= 0.6 is 12.4 Å². The van der Waals surface area contributed by atoms with E-state index in [0.717, 1.165) is 24.2 Å². The normalized spacial score (nSPS) is 11.0. The molecule has 0 radical (unpaired) electrons. The van der Waals surface area contributed by atoms with Gasteiger partial charge in [-0.1, -0.05) is 12.1 Å². The number of halogens is 1. The molecule has 0 aliphatic heterocycles. The number of ether oxygens (including phenoxy) is 1. The van der Waals surface area contributed by atoms with Gasteiger partial charge in [0.1, 0.15) is 5.75 Å². The summed E-state index contributed by atoms with van der Waals surface area (Å²) in [6.07, 6.45) is 3.96. The molecule has 1 aromatic carbocycles. The minimum atomic E-state index is -0.0561. The van der Waals surface area contributed by atoms with Gasteiger partial charge in [-0.25, -0.2) is 0 Å². The third kappa shape index (κ3) is 6.69. The zero-order chi connectivity index (χ0) is 18.4. The van der Waals surface area contributed by atoms with Gasteiger partial charge in [0, 0.05) is 38.9 Å². The van der Waals surface area contributed by atoms with Gasteiger partial charge < -0.3 is 15.0 Å². The summed E-state index contributed by atoms with van der Waals surface area (Å²) < 4.78 is 7.52. The van der Waals surface area contributed by atoms with E-state index in [1.54, 1.807) is 14.1 Å². The lowest BCUT2D eigenvalue weighted by atomic mass is 10.1. The van der Waals surface area contributed by atoms with Crippen LogP contribution in [0.3, 0.4) is 0 Å². The molecule has 144 valence electrons. The van der Waals surface area contributed by atoms with Gasteiger partial charge in [-0.15, -0.1) is 12.4 Å². The summed E-state index contributed by atoms with van der Waals surface area (Å²) in [5.41, 5.74) is 2.26. The largest absolute Gasteiger partial charge is 0.484 e. The van der Waals surface area contributed by atoms with Gasteiger partial charge >= 0.3 is 0 Å². The molecule has 1 aromatic heterocycles. The molecule has 0 aliphatic carbocycles. The highest BCUT2D eigenvalue weighted by atomic mass is 35.5. The number of nitrogens with one attached hydrogen (secondary N) is 1. The summed E-state index contributed by atoms with van der Waals surface area (Å²) in [5, 5.41) is 7.81. The molecule has 0 saturated carbocycles. The van der Waals surface area contributed by atoms with Crippen LogP contribution in [0.4, 0.5) is 0 Å². The fourth-order valence-corrected chi connectivity index (χ4v) is 2.19. The number of carbonyl (C=O) groups is 1. The molecule has 0 fully saturated rings. The zero-order valence-corrected chi connectivity index (χ0v) is 17.0. The second kappa shape index (κ2) is 9.59. The van der Waals surface area contributed by atoms with E-state index in [-0.39, 0.29) is 30.5 Å². The molecule has 1 heterocycles. The lowest BCUT2D eigenvalue weighted by Gasteiger charge is -2.18. The van der Waals surface area contributed by atoms with Crippen molar-refractivity contribution in [2.24, 2.45) is 0 Å². The van der Waals surface area contributed by atoms with Crippen LogP contribution in [-0.2, 0) is 23.4 Å². The Balaban J connectivity index is 0.00000338. The predicted octanol–water partition coefficient (Wildman–Crippen LogP) is 2.82. The SMILES string of the molecule is CN(C)C(=O)COc1cccc(CNCc2cnn(C(C)(C)C)c2)c1.Cl. The molecule has 0 unspecified atom stereocenters. The van der Waals surface area contributed by atoms with Crippen molar-refractivity contribution in [2.75, 3.05) is 20.7 Å². The first kappa shape index (κ1) is 22.0. The Bertz CT molecular complexity index is 708. The first-order valence-electron chi connectivity index (χ1n) is 8.42. The Morgan fingerprint density at radius 3 is 2.54 bits per heavy atom. The number of amides is 1. The Morgan fingerprint density at radius 1 is 1.23 bits per heavy atom. The highest BCUT2D eigenvalue weighted by molar-refractivity contribution is 5.85. The van der Waals surface area contributed by atoms with Crippen molar-refractivity contribution >= 4 is 18.3 Å². The fourth-order valence-electron chi connectivity index (χ4n) is 2.19. The Labute approximate surface area is 161 Å². The molecule has 6 nitrogen and oxygen atoms in total. The van der Waals surface area contributed by atoms with E-state index in [1.807, 2.05) is 35.1 Å². The van der Waals surface area contributed by atoms with Gasteiger partial charge in [0.25, 0.3) is 5.91 Å². The van der Waals surface area contributed by atoms with Crippen LogP contribution in [0.15, 0.2) is 36.7 Å². The zero-order valence-electron chi connectivity index (χ0n) is 16.2. The van der Waals surface area contributed by atoms with E-state index in [0.29, 0.717) is 5.75 Å². The number of rotatable bonds is 7. The molecule has 0 atom stereocenters. The predicted molar refractivity (Wildman–Crippen MR) is 106 cm³/mol. The molecule has 2 aromatic rings. The molecule has 2 rings (SSSR count). The molecule has 0 bridgehead atoms. The van der Waals surface area contributed by atoms with Crippen LogP contribution < -0.4 is 10.1 Å². The maximum absolute atomic E-state index is 11.6. The van der Waals surface area contributed by atoms with E-state index in [2.05, 4.69) is 37.4 Å². The van der Waals surface area contributed by atoms with Crippen molar-refractivity contribution in [1.82, 2.24) is 20.0 Å². The van der Waals surface area contributed by atoms with Gasteiger partial charge in [0.15, 0.2) is 6.61 Å². The maximum Gasteiger partial charge on any atom is 0.259 e. The number of hydrogen-bond acceptors (Lipinski definition) is 4. The summed E-state index contributed by atoms with van der Waals surface area (Å²) in [6, 6.07) is 7.78. The molecule has 0 spiro atoms. The Kier molecular flexibility index (Phi) is 8.11. The lowest BCUT2D eigenvalue weighted by Crippen LogP contribution is -2.27. The summed E-state index contributed by atoms with van der Waals surface area (Å²) in [7, 11) is 3.43. The van der Waals surface area contributed by atoms with Gasteiger partial charge in [0.05, 0.1) is 11.7 Å². The van der Waals surface area contributed by atoms with E-state index >= 15 is 0 Å². The highest BCUT2D eigenvalue weighted by Gasteiger charge is 2.13. The summed E-state index contributed by atoms with van der Waals surface area (Å²) >= 11 is 0. The van der Waals surface area contributed by atoms with Gasteiger partial charge in [-0.05, 0) is 38.5 Å². The monoisotopic (exact) mass is 380 g/mol. The first-order valence-corrected chi connectivity index (χ1v) is 8.42. The molecule has 7 heteroatoms. The quantitative estimate of drug-likeness (QED) is 0.802. The average Bonchev–Trinajstić information content (AvgIpc) is 3.02. The van der Waals surface area contributed by atoms with Gasteiger partial charge in [0.2, 0.25) is 0 Å². The van der Waals surface area contributed by atoms with E-state index < -0.39 is 0 Å². The van der Waals surface area contributed by atoms with Crippen molar-refractivity contribution in [2.45, 2.75) is 39.4 Å². The summed E-state index contributed by atoms with van der Waals surface area (Å²) in [5.74, 6) is 0.648. The lowest BCUT2D eigenvalue weighted by molar-refractivity contribution is -0.130. The number of hydrogen-bond donors (Lipinski definition) is 1. The molecular weight excluding hydrogens is 352 g/mol. The van der Waals surface area contributed by atoms with Crippen molar-refractivity contribution in [1.29, 1.82) is 0 Å². The third-order valence-corrected chi connectivity index (χ3v) is 3.74. The number of carbonyl (C=O) groups excluding carboxylic acids is 1. The van der Waals surface area contributed by atoms with E-state index in [9.17, 15) is 4.79 Å². The fraction of sp³-hybridized carbons (Fsp3) is 0.474. The van der Waals surface area contributed by atoms with Crippen LogP contribution in [0, 0.1) is 0 Å². The van der Waals surface area contributed by atoms with E-state index in [1.165, 1.54) is 4.90 Å². The van der Waals surface area contributed by atoms with Crippen molar-refractivity contribution < 1.29 is 9.53 Å². The third-order valence-electron chi connectivity index (χ3n) is 3.74. The molecule has 1 N–H and O–H groups in total. The standard InChI is InChI=1S/C19H28N4O2.ClH/c1-19(2,3)23-13-16(12-21-23)11-20-10-15-7-6-8-17(9-15)25-14-18(24)22(4)5;/h6-9,12-13,20H,10-11,14H2,1-5H3;1H. The van der Waals surface area contributed by atoms with Crippen LogP contribution in [0.1, 0.15) is 31.9 Å². The molecule has 1 amide bonds. The van der Waals surface area contributed by atoms with Gasteiger partial charge in [-0.3, -0.25) is 9.48 Å². The smallest absolute Gasteiger partial charge is 0.259 e. The van der Waals surface area contributed by atoms with Crippen molar-refractivity contribution in [3.05, 3.63) is 47.8 Å². The van der Waals surface area contributed by atoms with Crippen molar-refractivity contribution in [3.63, 3.8) is 0 Å². The van der Waals surface area contributed by atoms with Gasteiger partial charge in [-0.2, -0.15) is 5.10 Å². The number of likely N-dealkylation sites (N-methyl/N-ethyl adjacent to an activating group) is 1. The molecule has 0 saturated heterocycles. The van der Waals surface area contributed by atoms with Crippen molar-refractivity contribution in [3.8, 4) is 5.75 Å². The minimum Gasteiger partial charge on any atom is -0.484 e. The second-order valence-electron chi connectivity index (χ2n) is 7.29. The van der Waals surface area contributed by atoms with Crippen LogP contribution in [0.5, 0.6) is 5.75 Å². The topological polar surface area (TPSA) is 59.4 Å². The first-order chi connectivity index (χ1) is 11.8. The molecule has 0 aliphatic rings. The van der Waals surface area contributed by atoms with Crippen LogP contribution in [-0.4, -0.2) is 41.3 Å².